The summed E-state index contributed by atoms with van der Waals surface area (Å²) in [5, 5.41) is 2.70. The first kappa shape index (κ1) is 34.2. The molecule has 0 saturated carbocycles. The van der Waals surface area contributed by atoms with Crippen molar-refractivity contribution in [1.29, 1.82) is 0 Å². The quantitative estimate of drug-likeness (QED) is 0.169. The number of H-pyrrole nitrogens is 1. The number of aromatic amines is 1. The van der Waals surface area contributed by atoms with Crippen LogP contribution in [0.4, 0.5) is 11.4 Å². The molecule has 0 unspecified atom stereocenters. The lowest BCUT2D eigenvalue weighted by Gasteiger charge is -2.32. The molecule has 2 heterocycles. The van der Waals surface area contributed by atoms with Gasteiger partial charge in [0.2, 0.25) is 6.41 Å². The number of nitrogens with one attached hydrogen (secondary N) is 2. The van der Waals surface area contributed by atoms with Gasteiger partial charge in [0.05, 0.1) is 41.6 Å². The van der Waals surface area contributed by atoms with Gasteiger partial charge in [-0.2, -0.15) is 0 Å². The fraction of sp³-hybridized carbons (Fsp3) is 0.263. The maximum atomic E-state index is 14.2. The second-order valence-electron chi connectivity index (χ2n) is 12.3. The SMILES string of the molecule is COc1c(-c2cccc3[nH]c(CN)nc23)ccc(C(=O)N(C)c2ccc(C)cc2OCc2ccc(C(=O)N3CCN(C)CC3)cc2)c1NC=O. The van der Waals surface area contributed by atoms with E-state index in [1.807, 2.05) is 72.5 Å². The second kappa shape index (κ2) is 14.8. The minimum Gasteiger partial charge on any atom is -0.494 e. The molecule has 4 aromatic carbocycles. The molecule has 5 aromatic rings. The monoisotopic (exact) mass is 675 g/mol. The predicted octanol–water partition coefficient (Wildman–Crippen LogP) is 4.82. The number of rotatable bonds is 11. The number of aromatic nitrogens is 2. The van der Waals surface area contributed by atoms with Crippen molar-refractivity contribution in [2.24, 2.45) is 5.73 Å². The zero-order valence-electron chi connectivity index (χ0n) is 28.7. The van der Waals surface area contributed by atoms with Gasteiger partial charge in [-0.25, -0.2) is 4.98 Å². The van der Waals surface area contributed by atoms with E-state index in [4.69, 9.17) is 15.2 Å². The minimum absolute atomic E-state index is 0.0266. The summed E-state index contributed by atoms with van der Waals surface area (Å²) in [6.07, 6.45) is 0.518. The van der Waals surface area contributed by atoms with Crippen LogP contribution in [0, 0.1) is 6.92 Å². The van der Waals surface area contributed by atoms with Gasteiger partial charge < -0.3 is 40.2 Å². The van der Waals surface area contributed by atoms with Crippen molar-refractivity contribution in [3.8, 4) is 22.6 Å². The zero-order chi connectivity index (χ0) is 35.4. The first-order valence-electron chi connectivity index (χ1n) is 16.4. The molecule has 6 rings (SSSR count). The Balaban J connectivity index is 1.25. The number of amides is 3. The third-order valence-electron chi connectivity index (χ3n) is 9.01. The Morgan fingerprint density at radius 1 is 1.02 bits per heavy atom. The van der Waals surface area contributed by atoms with Crippen molar-refractivity contribution >= 4 is 40.6 Å². The van der Waals surface area contributed by atoms with Crippen molar-refractivity contribution in [2.45, 2.75) is 20.1 Å². The molecule has 1 fully saturated rings. The number of likely N-dealkylation sites (N-methyl/N-ethyl adjacent to an activating group) is 1. The molecule has 0 aliphatic carbocycles. The number of methoxy groups -OCH3 is 1. The van der Waals surface area contributed by atoms with Crippen LogP contribution in [0.15, 0.2) is 72.8 Å². The largest absolute Gasteiger partial charge is 0.494 e. The van der Waals surface area contributed by atoms with Crippen LogP contribution in [-0.2, 0) is 17.9 Å². The molecule has 0 atom stereocenters. The first-order chi connectivity index (χ1) is 24.2. The highest BCUT2D eigenvalue weighted by Gasteiger charge is 2.26. The number of nitrogens with two attached hydrogens (primary N) is 1. The maximum Gasteiger partial charge on any atom is 0.260 e. The molecule has 3 amide bonds. The van der Waals surface area contributed by atoms with Crippen LogP contribution in [0.1, 0.15) is 37.7 Å². The normalized spacial score (nSPS) is 13.3. The van der Waals surface area contributed by atoms with Crippen LogP contribution >= 0.6 is 0 Å². The van der Waals surface area contributed by atoms with Crippen LogP contribution in [0.5, 0.6) is 11.5 Å². The summed E-state index contributed by atoms with van der Waals surface area (Å²) in [7, 11) is 5.20. The highest BCUT2D eigenvalue weighted by atomic mass is 16.5. The topological polar surface area (TPSA) is 146 Å². The summed E-state index contributed by atoms with van der Waals surface area (Å²) in [4.78, 5) is 52.4. The fourth-order valence-electron chi connectivity index (χ4n) is 6.19. The lowest BCUT2D eigenvalue weighted by molar-refractivity contribution is -0.105. The van der Waals surface area contributed by atoms with Crippen LogP contribution in [-0.4, -0.2) is 85.4 Å². The highest BCUT2D eigenvalue weighted by molar-refractivity contribution is 6.13. The third-order valence-corrected chi connectivity index (χ3v) is 9.01. The maximum absolute atomic E-state index is 14.2. The van der Waals surface area contributed by atoms with Crippen molar-refractivity contribution in [3.05, 3.63) is 101 Å². The van der Waals surface area contributed by atoms with E-state index in [9.17, 15) is 14.4 Å². The number of hydrogen-bond acceptors (Lipinski definition) is 8. The molecule has 0 spiro atoms. The number of aryl methyl sites for hydroxylation is 1. The van der Waals surface area contributed by atoms with E-state index in [0.29, 0.717) is 59.2 Å². The summed E-state index contributed by atoms with van der Waals surface area (Å²) in [5.41, 5.74) is 12.2. The lowest BCUT2D eigenvalue weighted by Crippen LogP contribution is -2.47. The van der Waals surface area contributed by atoms with Gasteiger partial charge in [-0.05, 0) is 67.6 Å². The van der Waals surface area contributed by atoms with Crippen molar-refractivity contribution < 1.29 is 23.9 Å². The first-order valence-corrected chi connectivity index (χ1v) is 16.4. The van der Waals surface area contributed by atoms with Crippen LogP contribution < -0.4 is 25.4 Å². The average Bonchev–Trinajstić information content (AvgIpc) is 3.58. The number of para-hydroxylation sites is 1. The second-order valence-corrected chi connectivity index (χ2v) is 12.3. The van der Waals surface area contributed by atoms with Crippen molar-refractivity contribution in [2.75, 3.05) is 57.6 Å². The van der Waals surface area contributed by atoms with E-state index < -0.39 is 0 Å². The molecule has 1 aliphatic rings. The number of carbonyl (C=O) groups is 3. The number of benzene rings is 4. The van der Waals surface area contributed by atoms with Gasteiger partial charge in [0.1, 0.15) is 18.2 Å². The number of piperazine rings is 1. The Bertz CT molecular complexity index is 2030. The van der Waals surface area contributed by atoms with Gasteiger partial charge >= 0.3 is 0 Å². The van der Waals surface area contributed by atoms with E-state index in [1.165, 1.54) is 12.0 Å². The Morgan fingerprint density at radius 2 is 1.78 bits per heavy atom. The molecule has 0 radical (unpaired) electrons. The predicted molar refractivity (Wildman–Crippen MR) is 194 cm³/mol. The zero-order valence-corrected chi connectivity index (χ0v) is 28.7. The Kier molecular flexibility index (Phi) is 10.1. The number of fused-ring (bicyclic) bond motifs is 1. The summed E-state index contributed by atoms with van der Waals surface area (Å²) in [6.45, 7) is 5.57. The highest BCUT2D eigenvalue weighted by Crippen LogP contribution is 2.42. The van der Waals surface area contributed by atoms with Gasteiger partial charge in [0.25, 0.3) is 11.8 Å². The minimum atomic E-state index is -0.386. The number of hydrogen-bond donors (Lipinski definition) is 3. The Labute approximate surface area is 290 Å². The van der Waals surface area contributed by atoms with Crippen molar-refractivity contribution in [3.63, 3.8) is 0 Å². The molecular weight excluding hydrogens is 634 g/mol. The van der Waals surface area contributed by atoms with E-state index in [1.54, 1.807) is 19.2 Å². The third kappa shape index (κ3) is 6.89. The van der Waals surface area contributed by atoms with Crippen molar-refractivity contribution in [1.82, 2.24) is 19.8 Å². The molecule has 1 saturated heterocycles. The number of carbonyl (C=O) groups excluding carboxylic acids is 3. The van der Waals surface area contributed by atoms with Gasteiger partial charge in [-0.1, -0.05) is 30.3 Å². The molecule has 12 heteroatoms. The van der Waals surface area contributed by atoms with Crippen LogP contribution in [0.2, 0.25) is 0 Å². The van der Waals surface area contributed by atoms with Gasteiger partial charge in [0.15, 0.2) is 5.75 Å². The number of nitrogens with zero attached hydrogens (tertiary/aromatic N) is 4. The number of ether oxygens (including phenoxy) is 2. The molecule has 1 aromatic heterocycles. The standard InChI is InChI=1S/C38H41N7O5/c1-24-8-15-31(32(20-24)50-22-25-9-11-26(12-10-25)37(47)45-18-16-43(2)17-19-45)44(3)38(48)29-14-13-28(36(49-4)35(29)40-23-46)27-6-5-7-30-34(27)42-33(21-39)41-30/h5-15,20,23H,16-19,21-22,39H2,1-4H3,(H,40,46)(H,41,42). The summed E-state index contributed by atoms with van der Waals surface area (Å²) in [6, 6.07) is 22.2. The van der Waals surface area contributed by atoms with Gasteiger partial charge in [-0.15, -0.1) is 0 Å². The molecule has 1 aliphatic heterocycles. The van der Waals surface area contributed by atoms with E-state index in [2.05, 4.69) is 27.2 Å². The fourth-order valence-corrected chi connectivity index (χ4v) is 6.19. The summed E-state index contributed by atoms with van der Waals surface area (Å²) < 4.78 is 12.1. The molecular formula is C38H41N7O5. The molecule has 50 heavy (non-hydrogen) atoms. The lowest BCUT2D eigenvalue weighted by atomic mass is 9.98. The molecule has 0 bridgehead atoms. The summed E-state index contributed by atoms with van der Waals surface area (Å²) >= 11 is 0. The van der Waals surface area contributed by atoms with E-state index in [-0.39, 0.29) is 36.2 Å². The Morgan fingerprint density at radius 3 is 2.48 bits per heavy atom. The molecule has 12 nitrogen and oxygen atoms in total. The van der Waals surface area contributed by atoms with Gasteiger partial charge in [0, 0.05) is 49.9 Å². The van der Waals surface area contributed by atoms with E-state index >= 15 is 0 Å². The average molecular weight is 676 g/mol. The number of imidazole rings is 1. The summed E-state index contributed by atoms with van der Waals surface area (Å²) in [5.74, 6) is 1.10. The van der Waals surface area contributed by atoms with Gasteiger partial charge in [-0.3, -0.25) is 14.4 Å². The molecule has 4 N–H and O–H groups in total. The Hall–Kier alpha value is -5.72. The van der Waals surface area contributed by atoms with Crippen LogP contribution in [0.25, 0.3) is 22.2 Å². The molecule has 258 valence electrons. The van der Waals surface area contributed by atoms with E-state index in [0.717, 1.165) is 35.3 Å². The van der Waals surface area contributed by atoms with Crippen LogP contribution in [0.3, 0.4) is 0 Å². The smallest absolute Gasteiger partial charge is 0.260 e. The number of anilines is 2.